The SMILES string of the molecule is Cc1ccc(N2C(SCCOc3ccccc3)=N[C@H]3CS(=O)(=O)C[C@@H]32)c(C)c1. The predicted octanol–water partition coefficient (Wildman–Crippen LogP) is 3.46. The van der Waals surface area contributed by atoms with E-state index in [1.54, 1.807) is 11.8 Å². The van der Waals surface area contributed by atoms with Crippen LogP contribution in [-0.2, 0) is 9.84 Å². The molecule has 2 atom stereocenters. The second-order valence-electron chi connectivity index (χ2n) is 7.29. The summed E-state index contributed by atoms with van der Waals surface area (Å²) in [7, 11) is -3.03. The molecule has 0 saturated carbocycles. The van der Waals surface area contributed by atoms with E-state index in [1.165, 1.54) is 5.56 Å². The van der Waals surface area contributed by atoms with E-state index in [1.807, 2.05) is 30.3 Å². The van der Waals surface area contributed by atoms with Crippen molar-refractivity contribution in [2.24, 2.45) is 4.99 Å². The highest BCUT2D eigenvalue weighted by molar-refractivity contribution is 8.14. The Morgan fingerprint density at radius 1 is 1.14 bits per heavy atom. The number of ether oxygens (including phenoxy) is 1. The molecule has 2 heterocycles. The molecule has 2 aromatic rings. The maximum Gasteiger partial charge on any atom is 0.164 e. The molecule has 2 aliphatic heterocycles. The summed E-state index contributed by atoms with van der Waals surface area (Å²) in [6, 6.07) is 15.7. The highest BCUT2D eigenvalue weighted by Gasteiger charge is 2.47. The van der Waals surface area contributed by atoms with Crippen LogP contribution in [0.3, 0.4) is 0 Å². The normalized spacial score (nSPS) is 22.8. The average molecular weight is 417 g/mol. The van der Waals surface area contributed by atoms with Crippen molar-refractivity contribution >= 4 is 32.5 Å². The summed E-state index contributed by atoms with van der Waals surface area (Å²) in [5.41, 5.74) is 3.38. The molecule has 2 aromatic carbocycles. The number of nitrogens with zero attached hydrogens (tertiary/aromatic N) is 2. The molecule has 1 fully saturated rings. The van der Waals surface area contributed by atoms with Crippen molar-refractivity contribution in [1.82, 2.24) is 0 Å². The van der Waals surface area contributed by atoms with Crippen LogP contribution in [-0.4, -0.2) is 49.5 Å². The Hall–Kier alpha value is -1.99. The zero-order chi connectivity index (χ0) is 19.7. The van der Waals surface area contributed by atoms with Gasteiger partial charge in [-0.15, -0.1) is 0 Å². The molecule has 0 unspecified atom stereocenters. The lowest BCUT2D eigenvalue weighted by molar-refractivity contribution is 0.344. The Kier molecular flexibility index (Phi) is 5.38. The first kappa shape index (κ1) is 19.3. The monoisotopic (exact) mass is 416 g/mol. The van der Waals surface area contributed by atoms with Crippen molar-refractivity contribution < 1.29 is 13.2 Å². The van der Waals surface area contributed by atoms with Gasteiger partial charge in [0.15, 0.2) is 15.0 Å². The van der Waals surface area contributed by atoms with Crippen LogP contribution in [0, 0.1) is 13.8 Å². The molecule has 0 spiro atoms. The van der Waals surface area contributed by atoms with Gasteiger partial charge < -0.3 is 9.64 Å². The molecule has 0 aromatic heterocycles. The lowest BCUT2D eigenvalue weighted by Crippen LogP contribution is -2.39. The molecule has 0 radical (unpaired) electrons. The van der Waals surface area contributed by atoms with Gasteiger partial charge in [0.25, 0.3) is 0 Å². The summed E-state index contributed by atoms with van der Waals surface area (Å²) in [6.07, 6.45) is 0. The molecule has 0 N–H and O–H groups in total. The fourth-order valence-electron chi connectivity index (χ4n) is 3.80. The number of aliphatic imine (C=N–C) groups is 1. The van der Waals surface area contributed by atoms with Gasteiger partial charge in [0.1, 0.15) is 5.75 Å². The van der Waals surface area contributed by atoms with Crippen LogP contribution in [0.4, 0.5) is 5.69 Å². The number of hydrogen-bond acceptors (Lipinski definition) is 6. The number of sulfone groups is 1. The van der Waals surface area contributed by atoms with Crippen molar-refractivity contribution in [3.8, 4) is 5.75 Å². The number of aryl methyl sites for hydroxylation is 2. The number of thioether (sulfide) groups is 1. The largest absolute Gasteiger partial charge is 0.493 e. The van der Waals surface area contributed by atoms with E-state index < -0.39 is 9.84 Å². The summed E-state index contributed by atoms with van der Waals surface area (Å²) < 4.78 is 30.1. The third-order valence-electron chi connectivity index (χ3n) is 5.05. The molecule has 0 bridgehead atoms. The summed E-state index contributed by atoms with van der Waals surface area (Å²) in [4.78, 5) is 6.92. The fourth-order valence-corrected chi connectivity index (χ4v) is 6.58. The number of benzene rings is 2. The number of fused-ring (bicyclic) bond motifs is 1. The second-order valence-corrected chi connectivity index (χ2v) is 10.5. The first-order valence-electron chi connectivity index (χ1n) is 9.38. The Bertz CT molecular complexity index is 990. The van der Waals surface area contributed by atoms with E-state index in [2.05, 4.69) is 36.9 Å². The van der Waals surface area contributed by atoms with Gasteiger partial charge >= 0.3 is 0 Å². The minimum Gasteiger partial charge on any atom is -0.493 e. The topological polar surface area (TPSA) is 59.0 Å². The maximum absolute atomic E-state index is 12.2. The first-order valence-corrected chi connectivity index (χ1v) is 12.2. The van der Waals surface area contributed by atoms with Gasteiger partial charge in [-0.1, -0.05) is 47.7 Å². The Balaban J connectivity index is 1.50. The van der Waals surface area contributed by atoms with Crippen LogP contribution in [0.1, 0.15) is 11.1 Å². The summed E-state index contributed by atoms with van der Waals surface area (Å²) in [6.45, 7) is 4.70. The van der Waals surface area contributed by atoms with Gasteiger partial charge in [-0.3, -0.25) is 4.99 Å². The van der Waals surface area contributed by atoms with E-state index >= 15 is 0 Å². The van der Waals surface area contributed by atoms with Gasteiger partial charge in [-0.25, -0.2) is 8.42 Å². The minimum atomic E-state index is -3.03. The number of anilines is 1. The second kappa shape index (κ2) is 7.79. The van der Waals surface area contributed by atoms with E-state index in [0.717, 1.165) is 27.9 Å². The number of hydrogen-bond donors (Lipinski definition) is 0. The molecule has 28 heavy (non-hydrogen) atoms. The molecule has 7 heteroatoms. The molecule has 1 saturated heterocycles. The van der Waals surface area contributed by atoms with Gasteiger partial charge in [-0.2, -0.15) is 0 Å². The fraction of sp³-hybridized carbons (Fsp3) is 0.381. The Labute approximate surface area is 170 Å². The smallest absolute Gasteiger partial charge is 0.164 e. The molecule has 2 aliphatic rings. The van der Waals surface area contributed by atoms with Crippen LogP contribution in [0.2, 0.25) is 0 Å². The molecule has 0 aliphatic carbocycles. The van der Waals surface area contributed by atoms with Crippen LogP contribution in [0.25, 0.3) is 0 Å². The molecule has 148 valence electrons. The zero-order valence-electron chi connectivity index (χ0n) is 16.0. The average Bonchev–Trinajstić information content (AvgIpc) is 3.11. The lowest BCUT2D eigenvalue weighted by atomic mass is 10.1. The first-order chi connectivity index (χ1) is 13.4. The Morgan fingerprint density at radius 2 is 1.93 bits per heavy atom. The molecular formula is C21H24N2O3S2. The highest BCUT2D eigenvalue weighted by Crippen LogP contribution is 2.36. The van der Waals surface area contributed by atoms with Crippen molar-refractivity contribution in [2.75, 3.05) is 28.8 Å². The molecule has 5 nitrogen and oxygen atoms in total. The standard InChI is InChI=1S/C21H24N2O3S2/c1-15-8-9-19(16(2)12-15)23-20-14-28(24,25)13-18(20)22-21(23)27-11-10-26-17-6-4-3-5-7-17/h3-9,12,18,20H,10-11,13-14H2,1-2H3/t18-,20-/m0/s1. The highest BCUT2D eigenvalue weighted by atomic mass is 32.2. The number of amidine groups is 1. The van der Waals surface area contributed by atoms with E-state index in [9.17, 15) is 8.42 Å². The minimum absolute atomic E-state index is 0.107. The van der Waals surface area contributed by atoms with Gasteiger partial charge in [0.05, 0.1) is 30.2 Å². The van der Waals surface area contributed by atoms with Crippen LogP contribution < -0.4 is 9.64 Å². The van der Waals surface area contributed by atoms with Crippen molar-refractivity contribution in [1.29, 1.82) is 0 Å². The number of para-hydroxylation sites is 1. The molecule has 0 amide bonds. The van der Waals surface area contributed by atoms with Gasteiger partial charge in [-0.05, 0) is 37.6 Å². The third kappa shape index (κ3) is 4.05. The lowest BCUT2D eigenvalue weighted by Gasteiger charge is -2.28. The third-order valence-corrected chi connectivity index (χ3v) is 7.68. The van der Waals surface area contributed by atoms with E-state index in [0.29, 0.717) is 6.61 Å². The zero-order valence-corrected chi connectivity index (χ0v) is 17.7. The Morgan fingerprint density at radius 3 is 2.68 bits per heavy atom. The summed E-state index contributed by atoms with van der Waals surface area (Å²) in [5.74, 6) is 1.91. The van der Waals surface area contributed by atoms with Gasteiger partial charge in [0.2, 0.25) is 0 Å². The van der Waals surface area contributed by atoms with E-state index in [-0.39, 0.29) is 23.6 Å². The summed E-state index contributed by atoms with van der Waals surface area (Å²) in [5, 5.41) is 0.897. The van der Waals surface area contributed by atoms with Crippen molar-refractivity contribution in [3.05, 3.63) is 59.7 Å². The van der Waals surface area contributed by atoms with Crippen LogP contribution in [0.5, 0.6) is 5.75 Å². The van der Waals surface area contributed by atoms with Crippen molar-refractivity contribution in [3.63, 3.8) is 0 Å². The van der Waals surface area contributed by atoms with Gasteiger partial charge in [0, 0.05) is 11.4 Å². The predicted molar refractivity (Wildman–Crippen MR) is 116 cm³/mol. The quantitative estimate of drug-likeness (QED) is 0.699. The molecular weight excluding hydrogens is 392 g/mol. The van der Waals surface area contributed by atoms with Crippen molar-refractivity contribution in [2.45, 2.75) is 25.9 Å². The number of rotatable bonds is 5. The van der Waals surface area contributed by atoms with Crippen LogP contribution in [0.15, 0.2) is 53.5 Å². The summed E-state index contributed by atoms with van der Waals surface area (Å²) >= 11 is 1.63. The molecule has 4 rings (SSSR count). The van der Waals surface area contributed by atoms with Crippen LogP contribution >= 0.6 is 11.8 Å². The van der Waals surface area contributed by atoms with E-state index in [4.69, 9.17) is 9.73 Å². The maximum atomic E-state index is 12.2.